The van der Waals surface area contributed by atoms with Gasteiger partial charge in [0, 0.05) is 49.6 Å². The monoisotopic (exact) mass is 262 g/mol. The lowest BCUT2D eigenvalue weighted by atomic mass is 9.87. The van der Waals surface area contributed by atoms with Crippen molar-refractivity contribution in [2.24, 2.45) is 5.73 Å². The van der Waals surface area contributed by atoms with Gasteiger partial charge >= 0.3 is 0 Å². The van der Waals surface area contributed by atoms with Crippen molar-refractivity contribution in [1.82, 2.24) is 4.90 Å². The van der Waals surface area contributed by atoms with Crippen LogP contribution in [0.5, 0.6) is 5.75 Å². The van der Waals surface area contributed by atoms with Crippen LogP contribution in [-0.4, -0.2) is 29.6 Å². The minimum absolute atomic E-state index is 0.0384. The summed E-state index contributed by atoms with van der Waals surface area (Å²) in [6.45, 7) is 2.03. The van der Waals surface area contributed by atoms with E-state index in [9.17, 15) is 4.39 Å². The van der Waals surface area contributed by atoms with Gasteiger partial charge < -0.3 is 10.5 Å². The maximum absolute atomic E-state index is 13.4. The minimum Gasteiger partial charge on any atom is -0.485 e. The Kier molecular flexibility index (Phi) is 2.42. The molecule has 102 valence electrons. The Morgan fingerprint density at radius 3 is 3.00 bits per heavy atom. The number of nitrogens with zero attached hydrogens (tertiary/aromatic N) is 1. The van der Waals surface area contributed by atoms with Crippen LogP contribution in [0.25, 0.3) is 0 Å². The van der Waals surface area contributed by atoms with E-state index in [1.165, 1.54) is 25.0 Å². The van der Waals surface area contributed by atoms with E-state index in [1.54, 1.807) is 6.07 Å². The Hall–Kier alpha value is -1.13. The molecule has 2 heterocycles. The van der Waals surface area contributed by atoms with Crippen molar-refractivity contribution in [2.45, 2.75) is 43.4 Å². The highest BCUT2D eigenvalue weighted by Crippen LogP contribution is 2.45. The lowest BCUT2D eigenvalue weighted by Gasteiger charge is -2.38. The number of fused-ring (bicyclic) bond motifs is 1. The second kappa shape index (κ2) is 3.93. The average molecular weight is 262 g/mol. The normalized spacial score (nSPS) is 34.3. The molecule has 1 spiro atoms. The van der Waals surface area contributed by atoms with Gasteiger partial charge in [-0.15, -0.1) is 0 Å². The van der Waals surface area contributed by atoms with Gasteiger partial charge in [0.05, 0.1) is 0 Å². The predicted molar refractivity (Wildman–Crippen MR) is 70.5 cm³/mol. The second-order valence-electron chi connectivity index (χ2n) is 6.23. The second-order valence-corrected chi connectivity index (χ2v) is 6.23. The van der Waals surface area contributed by atoms with E-state index in [0.29, 0.717) is 5.75 Å². The van der Waals surface area contributed by atoms with Gasteiger partial charge in [0.1, 0.15) is 17.2 Å². The van der Waals surface area contributed by atoms with Gasteiger partial charge in [-0.2, -0.15) is 0 Å². The van der Waals surface area contributed by atoms with Crippen LogP contribution in [0.3, 0.4) is 0 Å². The van der Waals surface area contributed by atoms with Crippen LogP contribution in [0.2, 0.25) is 0 Å². The van der Waals surface area contributed by atoms with Gasteiger partial charge in [-0.05, 0) is 18.9 Å². The molecule has 0 radical (unpaired) electrons. The summed E-state index contributed by atoms with van der Waals surface area (Å²) < 4.78 is 19.6. The molecule has 1 aliphatic carbocycles. The Balaban J connectivity index is 1.63. The molecule has 1 saturated carbocycles. The van der Waals surface area contributed by atoms with Crippen LogP contribution >= 0.6 is 0 Å². The third-order valence-electron chi connectivity index (χ3n) is 4.70. The summed E-state index contributed by atoms with van der Waals surface area (Å²) in [4.78, 5) is 2.51. The average Bonchev–Trinajstić information content (AvgIpc) is 3.13. The van der Waals surface area contributed by atoms with Gasteiger partial charge in [-0.1, -0.05) is 6.07 Å². The molecule has 0 aromatic heterocycles. The van der Waals surface area contributed by atoms with Crippen LogP contribution in [0.4, 0.5) is 4.39 Å². The first-order valence-electron chi connectivity index (χ1n) is 7.13. The van der Waals surface area contributed by atoms with E-state index >= 15 is 0 Å². The van der Waals surface area contributed by atoms with Crippen LogP contribution in [0.1, 0.15) is 37.3 Å². The summed E-state index contributed by atoms with van der Waals surface area (Å²) in [6.07, 6.45) is 4.47. The fourth-order valence-electron chi connectivity index (χ4n) is 3.57. The topological polar surface area (TPSA) is 38.5 Å². The summed E-state index contributed by atoms with van der Waals surface area (Å²) in [5.41, 5.74) is 7.02. The van der Waals surface area contributed by atoms with Gasteiger partial charge in [0.2, 0.25) is 0 Å². The zero-order valence-corrected chi connectivity index (χ0v) is 10.9. The highest BCUT2D eigenvalue weighted by molar-refractivity contribution is 5.39. The molecule has 19 heavy (non-hydrogen) atoms. The van der Waals surface area contributed by atoms with Gasteiger partial charge in [-0.3, -0.25) is 4.90 Å². The third-order valence-corrected chi connectivity index (χ3v) is 4.70. The first kappa shape index (κ1) is 11.7. The van der Waals surface area contributed by atoms with E-state index in [0.717, 1.165) is 37.5 Å². The number of ether oxygens (including phenoxy) is 1. The standard InChI is InChI=1S/C15H19FN2O/c16-10-1-4-12-13(17)8-15(19-14(12)7-10)5-6-18(9-15)11-2-3-11/h1,4,7,11,13H,2-3,5-6,8-9,17H2/t13-,15?/m0/s1. The molecule has 3 nitrogen and oxygen atoms in total. The number of rotatable bonds is 1. The maximum atomic E-state index is 13.4. The van der Waals surface area contributed by atoms with E-state index in [4.69, 9.17) is 10.5 Å². The molecule has 3 aliphatic rings. The predicted octanol–water partition coefficient (Wildman–Crippen LogP) is 2.21. The summed E-state index contributed by atoms with van der Waals surface area (Å²) in [7, 11) is 0. The van der Waals surface area contributed by atoms with Crippen molar-refractivity contribution in [3.63, 3.8) is 0 Å². The molecular weight excluding hydrogens is 243 g/mol. The third kappa shape index (κ3) is 1.94. The molecule has 4 heteroatoms. The number of nitrogens with two attached hydrogens (primary N) is 1. The molecule has 1 aromatic carbocycles. The number of benzene rings is 1. The molecule has 4 rings (SSSR count). The van der Waals surface area contributed by atoms with Gasteiger partial charge in [-0.25, -0.2) is 4.39 Å². The lowest BCUT2D eigenvalue weighted by molar-refractivity contribution is 0.0430. The summed E-state index contributed by atoms with van der Waals surface area (Å²) >= 11 is 0. The molecule has 2 N–H and O–H groups in total. The van der Waals surface area contributed by atoms with Crippen LogP contribution in [0, 0.1) is 5.82 Å². The highest BCUT2D eigenvalue weighted by atomic mass is 19.1. The molecule has 0 amide bonds. The first-order chi connectivity index (χ1) is 9.15. The van der Waals surface area contributed by atoms with Crippen LogP contribution < -0.4 is 10.5 Å². The number of likely N-dealkylation sites (tertiary alicyclic amines) is 1. The van der Waals surface area contributed by atoms with E-state index in [-0.39, 0.29) is 17.5 Å². The lowest BCUT2D eigenvalue weighted by Crippen LogP contribution is -2.45. The van der Waals surface area contributed by atoms with E-state index in [2.05, 4.69) is 4.90 Å². The molecule has 2 fully saturated rings. The first-order valence-corrected chi connectivity index (χ1v) is 7.13. The van der Waals surface area contributed by atoms with Gasteiger partial charge in [0.25, 0.3) is 0 Å². The van der Waals surface area contributed by atoms with Crippen molar-refractivity contribution < 1.29 is 9.13 Å². The van der Waals surface area contributed by atoms with Crippen molar-refractivity contribution >= 4 is 0 Å². The maximum Gasteiger partial charge on any atom is 0.127 e. The zero-order chi connectivity index (χ0) is 13.0. The quantitative estimate of drug-likeness (QED) is 0.843. The SMILES string of the molecule is N[C@H]1CC2(CCN(C3CC3)C2)Oc2cc(F)ccc21. The summed E-state index contributed by atoms with van der Waals surface area (Å²) in [5, 5.41) is 0. The molecule has 2 atom stereocenters. The van der Waals surface area contributed by atoms with E-state index in [1.807, 2.05) is 0 Å². The summed E-state index contributed by atoms with van der Waals surface area (Å²) in [6, 6.07) is 5.42. The summed E-state index contributed by atoms with van der Waals surface area (Å²) in [5.74, 6) is 0.399. The van der Waals surface area contributed by atoms with Gasteiger partial charge in [0.15, 0.2) is 0 Å². The molecular formula is C15H19FN2O. The van der Waals surface area contributed by atoms with E-state index < -0.39 is 0 Å². The molecule has 1 aromatic rings. The van der Waals surface area contributed by atoms with Crippen molar-refractivity contribution in [3.8, 4) is 5.75 Å². The fourth-order valence-corrected chi connectivity index (χ4v) is 3.57. The Bertz CT molecular complexity index is 517. The minimum atomic E-state index is -0.250. The number of halogens is 1. The fraction of sp³-hybridized carbons (Fsp3) is 0.600. The Morgan fingerprint density at radius 2 is 2.21 bits per heavy atom. The molecule has 1 saturated heterocycles. The molecule has 1 unspecified atom stereocenters. The van der Waals surface area contributed by atoms with Crippen molar-refractivity contribution in [2.75, 3.05) is 13.1 Å². The van der Waals surface area contributed by atoms with Crippen LogP contribution in [-0.2, 0) is 0 Å². The number of hydrogen-bond acceptors (Lipinski definition) is 3. The Morgan fingerprint density at radius 1 is 1.37 bits per heavy atom. The zero-order valence-electron chi connectivity index (χ0n) is 10.9. The smallest absolute Gasteiger partial charge is 0.127 e. The van der Waals surface area contributed by atoms with Crippen LogP contribution in [0.15, 0.2) is 18.2 Å². The Labute approximate surface area is 112 Å². The van der Waals surface area contributed by atoms with Crippen molar-refractivity contribution in [3.05, 3.63) is 29.6 Å². The molecule has 0 bridgehead atoms. The van der Waals surface area contributed by atoms with Crippen molar-refractivity contribution in [1.29, 1.82) is 0 Å². The largest absolute Gasteiger partial charge is 0.485 e. The number of hydrogen-bond donors (Lipinski definition) is 1. The highest BCUT2D eigenvalue weighted by Gasteiger charge is 2.48. The molecule has 2 aliphatic heterocycles.